The van der Waals surface area contributed by atoms with E-state index < -0.39 is 0 Å². The summed E-state index contributed by atoms with van der Waals surface area (Å²) >= 11 is 3.43. The third-order valence-corrected chi connectivity index (χ3v) is 3.92. The molecular formula is C17H14BrNO. The molecule has 3 rings (SSSR count). The van der Waals surface area contributed by atoms with E-state index in [2.05, 4.69) is 28.1 Å². The van der Waals surface area contributed by atoms with Crippen LogP contribution in [-0.4, -0.2) is 4.57 Å². The van der Waals surface area contributed by atoms with Gasteiger partial charge >= 0.3 is 0 Å². The summed E-state index contributed by atoms with van der Waals surface area (Å²) in [6, 6.07) is 18.0. The molecular weight excluding hydrogens is 314 g/mol. The van der Waals surface area contributed by atoms with Crippen molar-refractivity contribution in [3.8, 4) is 0 Å². The van der Waals surface area contributed by atoms with Crippen molar-refractivity contribution >= 4 is 26.7 Å². The highest BCUT2D eigenvalue weighted by Crippen LogP contribution is 2.16. The molecule has 0 amide bonds. The van der Waals surface area contributed by atoms with Gasteiger partial charge in [0.2, 0.25) is 0 Å². The number of halogens is 1. The number of hydrogen-bond acceptors (Lipinski definition) is 1. The van der Waals surface area contributed by atoms with Crippen molar-refractivity contribution < 1.29 is 0 Å². The summed E-state index contributed by atoms with van der Waals surface area (Å²) in [5, 5.41) is 1.74. The second-order valence-corrected chi connectivity index (χ2v) is 5.70. The first-order valence-electron chi connectivity index (χ1n) is 6.57. The molecule has 0 aliphatic rings. The number of aryl methyl sites for hydroxylation is 2. The number of hydrogen-bond donors (Lipinski definition) is 0. The Bertz CT molecular complexity index is 793. The fourth-order valence-corrected chi connectivity index (χ4v) is 2.71. The van der Waals surface area contributed by atoms with Gasteiger partial charge in [-0.1, -0.05) is 46.3 Å². The highest BCUT2D eigenvalue weighted by molar-refractivity contribution is 9.10. The Hall–Kier alpha value is -1.87. The van der Waals surface area contributed by atoms with Gasteiger partial charge in [-0.25, -0.2) is 0 Å². The number of rotatable bonds is 3. The van der Waals surface area contributed by atoms with Gasteiger partial charge in [-0.15, -0.1) is 0 Å². The molecule has 3 heteroatoms. The predicted octanol–water partition coefficient (Wildman–Crippen LogP) is 4.01. The quantitative estimate of drug-likeness (QED) is 0.712. The number of aromatic nitrogens is 1. The number of nitrogens with zero attached hydrogens (tertiary/aromatic N) is 1. The summed E-state index contributed by atoms with van der Waals surface area (Å²) in [5.41, 5.74) is 1.32. The minimum Gasteiger partial charge on any atom is -0.315 e. The molecule has 2 aromatic carbocycles. The summed E-state index contributed by atoms with van der Waals surface area (Å²) in [5.74, 6) is 0. The molecule has 0 fully saturated rings. The lowest BCUT2D eigenvalue weighted by atomic mass is 10.1. The molecule has 0 saturated heterocycles. The zero-order chi connectivity index (χ0) is 13.9. The van der Waals surface area contributed by atoms with Gasteiger partial charge < -0.3 is 4.57 Å². The molecule has 0 atom stereocenters. The van der Waals surface area contributed by atoms with Crippen molar-refractivity contribution in [2.45, 2.75) is 13.0 Å². The lowest BCUT2D eigenvalue weighted by Crippen LogP contribution is -2.20. The van der Waals surface area contributed by atoms with Crippen LogP contribution < -0.4 is 5.56 Å². The molecule has 0 saturated carbocycles. The third-order valence-electron chi connectivity index (χ3n) is 3.42. The van der Waals surface area contributed by atoms with Crippen molar-refractivity contribution in [3.63, 3.8) is 0 Å². The van der Waals surface area contributed by atoms with E-state index in [0.717, 1.165) is 21.7 Å². The molecule has 0 radical (unpaired) electrons. The lowest BCUT2D eigenvalue weighted by Gasteiger charge is -2.07. The Kier molecular flexibility index (Phi) is 3.70. The van der Waals surface area contributed by atoms with E-state index in [4.69, 9.17) is 0 Å². The Morgan fingerprint density at radius 3 is 2.60 bits per heavy atom. The summed E-state index contributed by atoms with van der Waals surface area (Å²) in [6.07, 6.45) is 2.74. The number of pyridine rings is 1. The second-order valence-electron chi connectivity index (χ2n) is 4.78. The molecule has 1 aromatic heterocycles. The summed E-state index contributed by atoms with van der Waals surface area (Å²) in [4.78, 5) is 12.4. The topological polar surface area (TPSA) is 22.0 Å². The number of benzene rings is 2. The van der Waals surface area contributed by atoms with Crippen LogP contribution in [0.5, 0.6) is 0 Å². The first-order valence-corrected chi connectivity index (χ1v) is 7.36. The average molecular weight is 328 g/mol. The van der Waals surface area contributed by atoms with Crippen molar-refractivity contribution in [1.29, 1.82) is 0 Å². The van der Waals surface area contributed by atoms with Gasteiger partial charge in [0.05, 0.1) is 0 Å². The molecule has 0 aliphatic carbocycles. The van der Waals surface area contributed by atoms with E-state index in [1.165, 1.54) is 5.56 Å². The lowest BCUT2D eigenvalue weighted by molar-refractivity contribution is 0.675. The zero-order valence-corrected chi connectivity index (χ0v) is 12.5. The number of fused-ring (bicyclic) bond motifs is 1. The maximum atomic E-state index is 12.4. The minimum absolute atomic E-state index is 0.0749. The van der Waals surface area contributed by atoms with Gasteiger partial charge in [-0.2, -0.15) is 0 Å². The van der Waals surface area contributed by atoms with E-state index in [1.54, 1.807) is 4.57 Å². The first kappa shape index (κ1) is 13.1. The molecule has 2 nitrogen and oxygen atoms in total. The summed E-state index contributed by atoms with van der Waals surface area (Å²) < 4.78 is 2.77. The fourth-order valence-electron chi connectivity index (χ4n) is 2.33. The van der Waals surface area contributed by atoms with Gasteiger partial charge in [0.15, 0.2) is 0 Å². The molecule has 0 bridgehead atoms. The second kappa shape index (κ2) is 5.63. The van der Waals surface area contributed by atoms with E-state index in [1.807, 2.05) is 48.7 Å². The van der Waals surface area contributed by atoms with Crippen LogP contribution in [0.3, 0.4) is 0 Å². The fraction of sp³-hybridized carbons (Fsp3) is 0.118. The highest BCUT2D eigenvalue weighted by Gasteiger charge is 2.03. The predicted molar refractivity (Wildman–Crippen MR) is 86.1 cm³/mol. The normalized spacial score (nSPS) is 10.8. The zero-order valence-electron chi connectivity index (χ0n) is 10.9. The molecule has 0 spiro atoms. The van der Waals surface area contributed by atoms with Crippen LogP contribution >= 0.6 is 15.9 Å². The van der Waals surface area contributed by atoms with Crippen LogP contribution in [-0.2, 0) is 13.0 Å². The van der Waals surface area contributed by atoms with Crippen LogP contribution in [0.4, 0.5) is 0 Å². The maximum Gasteiger partial charge on any atom is 0.258 e. The Morgan fingerprint density at radius 2 is 1.80 bits per heavy atom. The molecule has 20 heavy (non-hydrogen) atoms. The minimum atomic E-state index is 0.0749. The van der Waals surface area contributed by atoms with E-state index in [9.17, 15) is 4.79 Å². The summed E-state index contributed by atoms with van der Waals surface area (Å²) in [7, 11) is 0. The van der Waals surface area contributed by atoms with Crippen molar-refractivity contribution in [1.82, 2.24) is 4.57 Å². The Balaban J connectivity index is 1.91. The Morgan fingerprint density at radius 1 is 1.00 bits per heavy atom. The van der Waals surface area contributed by atoms with Crippen molar-refractivity contribution in [3.05, 3.63) is 81.2 Å². The van der Waals surface area contributed by atoms with Crippen molar-refractivity contribution in [2.24, 2.45) is 0 Å². The van der Waals surface area contributed by atoms with E-state index in [0.29, 0.717) is 6.54 Å². The smallest absolute Gasteiger partial charge is 0.258 e. The molecule has 0 aliphatic heterocycles. The van der Waals surface area contributed by atoms with Gasteiger partial charge in [-0.05, 0) is 41.6 Å². The molecule has 0 N–H and O–H groups in total. The maximum absolute atomic E-state index is 12.4. The van der Waals surface area contributed by atoms with Gasteiger partial charge in [0.25, 0.3) is 5.56 Å². The highest BCUT2D eigenvalue weighted by atomic mass is 79.9. The monoisotopic (exact) mass is 327 g/mol. The molecule has 100 valence electrons. The van der Waals surface area contributed by atoms with Gasteiger partial charge in [0.1, 0.15) is 0 Å². The first-order chi connectivity index (χ1) is 9.74. The Labute approximate surface area is 125 Å². The van der Waals surface area contributed by atoms with Crippen molar-refractivity contribution in [2.75, 3.05) is 0 Å². The van der Waals surface area contributed by atoms with Crippen LogP contribution in [0.15, 0.2) is 70.1 Å². The van der Waals surface area contributed by atoms with Crippen LogP contribution in [0.1, 0.15) is 5.56 Å². The SMILES string of the molecule is O=c1c2ccc(Br)cc2ccn1CCc1ccccc1. The third kappa shape index (κ3) is 2.68. The van der Waals surface area contributed by atoms with E-state index in [-0.39, 0.29) is 5.56 Å². The standard InChI is InChI=1S/C17H14BrNO/c18-15-6-7-16-14(12-15)9-11-19(17(16)20)10-8-13-4-2-1-3-5-13/h1-7,9,11-12H,8,10H2. The molecule has 3 aromatic rings. The van der Waals surface area contributed by atoms with E-state index >= 15 is 0 Å². The largest absolute Gasteiger partial charge is 0.315 e. The molecule has 0 unspecified atom stereocenters. The molecule has 1 heterocycles. The van der Waals surface area contributed by atoms with Gasteiger partial charge in [0, 0.05) is 22.6 Å². The van der Waals surface area contributed by atoms with Crippen LogP contribution in [0.2, 0.25) is 0 Å². The van der Waals surface area contributed by atoms with Gasteiger partial charge in [-0.3, -0.25) is 4.79 Å². The van der Waals surface area contributed by atoms with Crippen LogP contribution in [0.25, 0.3) is 10.8 Å². The summed E-state index contributed by atoms with van der Waals surface area (Å²) in [6.45, 7) is 0.703. The average Bonchev–Trinajstić information content (AvgIpc) is 2.47. The van der Waals surface area contributed by atoms with Crippen LogP contribution in [0, 0.1) is 0 Å².